The van der Waals surface area contributed by atoms with E-state index in [9.17, 15) is 14.7 Å². The van der Waals surface area contributed by atoms with Gasteiger partial charge in [-0.2, -0.15) is 0 Å². The van der Waals surface area contributed by atoms with Crippen LogP contribution in [0.25, 0.3) is 23.0 Å². The zero-order valence-corrected chi connectivity index (χ0v) is 17.2. The second kappa shape index (κ2) is 8.28. The van der Waals surface area contributed by atoms with Gasteiger partial charge in [-0.15, -0.1) is 0 Å². The molecule has 0 bridgehead atoms. The van der Waals surface area contributed by atoms with Crippen LogP contribution in [0.15, 0.2) is 72.9 Å². The Morgan fingerprint density at radius 1 is 1.00 bits per heavy atom. The fraction of sp³-hybridized carbons (Fsp3) is 0.0800. The topological polar surface area (TPSA) is 83.7 Å². The molecule has 0 atom stereocenters. The minimum Gasteiger partial charge on any atom is -0.478 e. The van der Waals surface area contributed by atoms with E-state index in [0.717, 1.165) is 33.7 Å². The molecule has 6 heteroatoms. The number of hydrogen-bond donors (Lipinski definition) is 2. The molecule has 0 spiro atoms. The minimum absolute atomic E-state index is 0.0369. The van der Waals surface area contributed by atoms with E-state index in [4.69, 9.17) is 4.98 Å². The quantitative estimate of drug-likeness (QED) is 0.454. The summed E-state index contributed by atoms with van der Waals surface area (Å²) in [5, 5.41) is 11.9. The zero-order valence-electron chi connectivity index (χ0n) is 17.2. The van der Waals surface area contributed by atoms with Crippen LogP contribution < -0.4 is 5.32 Å². The number of carbonyl (C=O) groups is 2. The monoisotopic (exact) mass is 411 g/mol. The molecule has 0 aliphatic heterocycles. The van der Waals surface area contributed by atoms with Crippen molar-refractivity contribution in [2.24, 2.45) is 0 Å². The van der Waals surface area contributed by atoms with Gasteiger partial charge in [0.2, 0.25) is 5.91 Å². The number of fused-ring (bicyclic) bond motifs is 1. The Balaban J connectivity index is 1.71. The lowest BCUT2D eigenvalue weighted by Crippen LogP contribution is -2.11. The highest BCUT2D eigenvalue weighted by molar-refractivity contribution is 6.06. The molecule has 2 aromatic carbocycles. The number of carboxylic acids is 1. The number of hydrogen-bond acceptors (Lipinski definition) is 3. The molecule has 0 saturated carbocycles. The van der Waals surface area contributed by atoms with Crippen molar-refractivity contribution in [1.82, 2.24) is 9.38 Å². The number of benzene rings is 2. The third kappa shape index (κ3) is 4.23. The molecule has 154 valence electrons. The van der Waals surface area contributed by atoms with Crippen molar-refractivity contribution in [3.8, 4) is 11.3 Å². The van der Waals surface area contributed by atoms with Crippen LogP contribution in [0.5, 0.6) is 0 Å². The van der Waals surface area contributed by atoms with Gasteiger partial charge in [-0.1, -0.05) is 42.0 Å². The van der Waals surface area contributed by atoms with E-state index in [-0.39, 0.29) is 11.3 Å². The summed E-state index contributed by atoms with van der Waals surface area (Å²) in [4.78, 5) is 28.7. The highest BCUT2D eigenvalue weighted by Gasteiger charge is 2.14. The number of nitrogens with zero attached hydrogens (tertiary/aromatic N) is 2. The Hall–Kier alpha value is -4.19. The summed E-state index contributed by atoms with van der Waals surface area (Å²) in [6.07, 6.45) is 5.01. The molecule has 0 saturated heterocycles. The first kappa shape index (κ1) is 20.1. The van der Waals surface area contributed by atoms with E-state index >= 15 is 0 Å². The maximum Gasteiger partial charge on any atom is 0.337 e. The van der Waals surface area contributed by atoms with Gasteiger partial charge in [0, 0.05) is 17.8 Å². The number of carboxylic acid groups (broad SMARTS) is 1. The van der Waals surface area contributed by atoms with Gasteiger partial charge in [0.25, 0.3) is 0 Å². The van der Waals surface area contributed by atoms with Crippen LogP contribution in [0.3, 0.4) is 0 Å². The third-order valence-electron chi connectivity index (χ3n) is 4.95. The van der Waals surface area contributed by atoms with Crippen LogP contribution >= 0.6 is 0 Å². The molecule has 0 fully saturated rings. The third-order valence-corrected chi connectivity index (χ3v) is 4.95. The van der Waals surface area contributed by atoms with E-state index in [1.807, 2.05) is 60.8 Å². The van der Waals surface area contributed by atoms with Crippen molar-refractivity contribution in [3.05, 3.63) is 95.3 Å². The Morgan fingerprint density at radius 2 is 1.74 bits per heavy atom. The van der Waals surface area contributed by atoms with Crippen molar-refractivity contribution in [1.29, 1.82) is 0 Å². The van der Waals surface area contributed by atoms with Crippen LogP contribution in [0.2, 0.25) is 0 Å². The zero-order chi connectivity index (χ0) is 22.0. The second-order valence-corrected chi connectivity index (χ2v) is 7.32. The largest absolute Gasteiger partial charge is 0.478 e. The molecular formula is C25H21N3O3. The molecule has 0 aliphatic carbocycles. The number of amides is 1. The smallest absolute Gasteiger partial charge is 0.337 e. The molecule has 4 rings (SSSR count). The highest BCUT2D eigenvalue weighted by atomic mass is 16.4. The van der Waals surface area contributed by atoms with Crippen LogP contribution in [0.4, 0.5) is 5.69 Å². The van der Waals surface area contributed by atoms with Gasteiger partial charge in [0.1, 0.15) is 5.65 Å². The number of para-hydroxylation sites is 1. The number of imidazole rings is 1. The summed E-state index contributed by atoms with van der Waals surface area (Å²) >= 11 is 0. The average molecular weight is 411 g/mol. The number of pyridine rings is 1. The summed E-state index contributed by atoms with van der Waals surface area (Å²) in [5.41, 5.74) is 5.78. The predicted molar refractivity (Wildman–Crippen MR) is 121 cm³/mol. The lowest BCUT2D eigenvalue weighted by atomic mass is 10.1. The number of aromatic carboxylic acids is 1. The molecule has 2 N–H and O–H groups in total. The maximum absolute atomic E-state index is 12.5. The Morgan fingerprint density at radius 3 is 2.48 bits per heavy atom. The molecule has 0 aliphatic rings. The molecule has 0 unspecified atom stereocenters. The number of rotatable bonds is 5. The second-order valence-electron chi connectivity index (χ2n) is 7.32. The normalized spacial score (nSPS) is 11.2. The molecule has 2 aromatic heterocycles. The lowest BCUT2D eigenvalue weighted by Gasteiger charge is -2.06. The predicted octanol–water partition coefficient (Wildman–Crippen LogP) is 4.97. The van der Waals surface area contributed by atoms with Crippen molar-refractivity contribution in [2.45, 2.75) is 13.8 Å². The van der Waals surface area contributed by atoms with Crippen LogP contribution in [-0.2, 0) is 4.79 Å². The summed E-state index contributed by atoms with van der Waals surface area (Å²) in [7, 11) is 0. The standard InChI is InChI=1S/C25H21N3O3/c1-16-7-9-18(10-8-16)24-21(28-14-13-17(2)15-22(28)27-24)11-12-23(29)26-20-6-4-3-5-19(20)25(30)31/h3-15H,1-2H3,(H,26,29)(H,30,31)/b12-11+. The molecule has 6 nitrogen and oxygen atoms in total. The number of carbonyl (C=O) groups excluding carboxylic acids is 1. The first-order valence-electron chi connectivity index (χ1n) is 9.79. The molecule has 0 radical (unpaired) electrons. The Labute approximate surface area is 179 Å². The fourth-order valence-corrected chi connectivity index (χ4v) is 3.36. The maximum atomic E-state index is 12.5. The van der Waals surface area contributed by atoms with Gasteiger partial charge in [-0.3, -0.25) is 9.20 Å². The van der Waals surface area contributed by atoms with Crippen molar-refractivity contribution < 1.29 is 14.7 Å². The molecule has 4 aromatic rings. The van der Waals surface area contributed by atoms with Crippen LogP contribution in [0, 0.1) is 13.8 Å². The Kier molecular flexibility index (Phi) is 5.37. The van der Waals surface area contributed by atoms with E-state index in [1.165, 1.54) is 12.1 Å². The van der Waals surface area contributed by atoms with Gasteiger partial charge < -0.3 is 10.4 Å². The van der Waals surface area contributed by atoms with E-state index in [2.05, 4.69) is 5.32 Å². The fourth-order valence-electron chi connectivity index (χ4n) is 3.36. The summed E-state index contributed by atoms with van der Waals surface area (Å²) in [5.74, 6) is -1.52. The SMILES string of the molecule is Cc1ccc(-c2nc3cc(C)ccn3c2/C=C/C(=O)Nc2ccccc2C(=O)O)cc1. The van der Waals surface area contributed by atoms with E-state index in [0.29, 0.717) is 0 Å². The van der Waals surface area contributed by atoms with Gasteiger partial charge in [0.15, 0.2) is 0 Å². The van der Waals surface area contributed by atoms with E-state index in [1.54, 1.807) is 24.3 Å². The number of aryl methyl sites for hydroxylation is 2. The number of nitrogens with one attached hydrogen (secondary N) is 1. The van der Waals surface area contributed by atoms with Crippen molar-refractivity contribution in [3.63, 3.8) is 0 Å². The highest BCUT2D eigenvalue weighted by Crippen LogP contribution is 2.26. The van der Waals surface area contributed by atoms with Crippen LogP contribution in [0.1, 0.15) is 27.2 Å². The minimum atomic E-state index is -1.10. The summed E-state index contributed by atoms with van der Waals surface area (Å²) in [6, 6.07) is 18.3. The van der Waals surface area contributed by atoms with Gasteiger partial charge in [0.05, 0.1) is 22.6 Å². The number of anilines is 1. The Bertz CT molecular complexity index is 1320. The van der Waals surface area contributed by atoms with Gasteiger partial charge >= 0.3 is 5.97 Å². The summed E-state index contributed by atoms with van der Waals surface area (Å²) < 4.78 is 1.93. The average Bonchev–Trinajstić information content (AvgIpc) is 3.10. The first-order chi connectivity index (χ1) is 14.9. The number of aromatic nitrogens is 2. The molecule has 31 heavy (non-hydrogen) atoms. The van der Waals surface area contributed by atoms with Crippen molar-refractivity contribution in [2.75, 3.05) is 5.32 Å². The van der Waals surface area contributed by atoms with Crippen molar-refractivity contribution >= 4 is 29.3 Å². The van der Waals surface area contributed by atoms with Crippen LogP contribution in [-0.4, -0.2) is 26.4 Å². The van der Waals surface area contributed by atoms with Gasteiger partial charge in [-0.25, -0.2) is 9.78 Å². The van der Waals surface area contributed by atoms with E-state index < -0.39 is 11.9 Å². The molecule has 1 amide bonds. The first-order valence-corrected chi connectivity index (χ1v) is 9.79. The lowest BCUT2D eigenvalue weighted by molar-refractivity contribution is -0.111. The summed E-state index contributed by atoms with van der Waals surface area (Å²) in [6.45, 7) is 4.03. The van der Waals surface area contributed by atoms with Gasteiger partial charge in [-0.05, 0) is 49.8 Å². The molecule has 2 heterocycles. The molecular weight excluding hydrogens is 390 g/mol.